The van der Waals surface area contributed by atoms with Crippen molar-refractivity contribution in [3.8, 4) is 11.5 Å². The molecule has 9 heteroatoms. The minimum atomic E-state index is -3.74. The smallest absolute Gasteiger partial charge is 0.452 e. The molecule has 0 saturated carbocycles. The van der Waals surface area contributed by atoms with Crippen molar-refractivity contribution in [2.75, 3.05) is 11.9 Å². The van der Waals surface area contributed by atoms with Gasteiger partial charge in [-0.2, -0.15) is 0 Å². The van der Waals surface area contributed by atoms with E-state index in [0.717, 1.165) is 43.4 Å². The number of para-hydroxylation sites is 1. The molecule has 0 saturated heterocycles. The van der Waals surface area contributed by atoms with E-state index in [1.54, 1.807) is 0 Å². The van der Waals surface area contributed by atoms with Gasteiger partial charge in [0.2, 0.25) is 0 Å². The largest absolute Gasteiger partial charge is 0.586 e. The molecule has 1 aromatic heterocycles. The van der Waals surface area contributed by atoms with E-state index in [0.29, 0.717) is 16.5 Å². The lowest BCUT2D eigenvalue weighted by atomic mass is 9.97. The predicted molar refractivity (Wildman–Crippen MR) is 115 cm³/mol. The average Bonchev–Trinajstić information content (AvgIpc) is 2.93. The van der Waals surface area contributed by atoms with Crippen molar-refractivity contribution in [1.29, 1.82) is 0 Å². The number of nitrogens with one attached hydrogen (secondary N) is 1. The maximum absolute atomic E-state index is 13.2. The molecule has 0 radical (unpaired) electrons. The lowest BCUT2D eigenvalue weighted by Crippen LogP contribution is -2.25. The van der Waals surface area contributed by atoms with Gasteiger partial charge in [-0.3, -0.25) is 9.78 Å². The van der Waals surface area contributed by atoms with Crippen molar-refractivity contribution in [2.45, 2.75) is 38.4 Å². The molecule has 0 spiro atoms. The number of anilines is 1. The molecular weight excluding hydrogens is 434 g/mol. The van der Waals surface area contributed by atoms with E-state index in [4.69, 9.17) is 9.72 Å². The highest BCUT2D eigenvalue weighted by Gasteiger charge is 2.43. The summed E-state index contributed by atoms with van der Waals surface area (Å²) in [7, 11) is 0. The minimum Gasteiger partial charge on any atom is -0.452 e. The summed E-state index contributed by atoms with van der Waals surface area (Å²) in [5, 5.41) is 3.20. The summed E-state index contributed by atoms with van der Waals surface area (Å²) in [6, 6.07) is 11.2. The van der Waals surface area contributed by atoms with Crippen LogP contribution in [0.4, 0.5) is 14.5 Å². The molecule has 0 unspecified atom stereocenters. The fourth-order valence-corrected chi connectivity index (χ4v) is 4.21. The number of esters is 1. The molecule has 1 aliphatic heterocycles. The Morgan fingerprint density at radius 2 is 1.82 bits per heavy atom. The van der Waals surface area contributed by atoms with Crippen molar-refractivity contribution in [2.24, 2.45) is 0 Å². The van der Waals surface area contributed by atoms with Crippen LogP contribution in [0, 0.1) is 0 Å². The van der Waals surface area contributed by atoms with Crippen LogP contribution in [0.3, 0.4) is 0 Å². The minimum absolute atomic E-state index is 0.130. The maximum Gasteiger partial charge on any atom is 0.586 e. The summed E-state index contributed by atoms with van der Waals surface area (Å²) < 4.78 is 40.4. The van der Waals surface area contributed by atoms with Gasteiger partial charge in [-0.25, -0.2) is 4.79 Å². The number of nitrogens with zero attached hydrogens (tertiary/aromatic N) is 1. The molecule has 5 rings (SSSR count). The van der Waals surface area contributed by atoms with Crippen LogP contribution in [0.5, 0.6) is 11.5 Å². The second kappa shape index (κ2) is 8.31. The van der Waals surface area contributed by atoms with E-state index in [9.17, 15) is 18.4 Å². The first-order valence-electron chi connectivity index (χ1n) is 10.7. The van der Waals surface area contributed by atoms with Gasteiger partial charge in [0.25, 0.3) is 5.91 Å². The van der Waals surface area contributed by atoms with Crippen LogP contribution in [-0.2, 0) is 22.4 Å². The predicted octanol–water partition coefficient (Wildman–Crippen LogP) is 4.62. The molecule has 1 aliphatic carbocycles. The zero-order valence-electron chi connectivity index (χ0n) is 17.5. The third-order valence-electron chi connectivity index (χ3n) is 5.64. The number of hydrogen-bond acceptors (Lipinski definition) is 6. The lowest BCUT2D eigenvalue weighted by molar-refractivity contribution is -0.286. The lowest BCUT2D eigenvalue weighted by Gasteiger charge is -2.15. The standard InChI is InChI=1S/C24H20F2N2O5/c25-24(26)32-19-11-10-14(12-20(19)33-24)27-21(29)13-31-23(30)22-15-6-2-1-3-8-17(15)28-18-9-5-4-7-16(18)22/h4-5,7,9-12H,1-3,6,8,13H2,(H,27,29). The number of amides is 1. The number of alkyl halides is 2. The van der Waals surface area contributed by atoms with Crippen LogP contribution < -0.4 is 14.8 Å². The summed E-state index contributed by atoms with van der Waals surface area (Å²) in [6.45, 7) is -0.533. The van der Waals surface area contributed by atoms with Crippen molar-refractivity contribution in [3.05, 3.63) is 59.3 Å². The topological polar surface area (TPSA) is 86.8 Å². The molecule has 2 aromatic carbocycles. The number of halogens is 2. The summed E-state index contributed by atoms with van der Waals surface area (Å²) in [5.41, 5.74) is 3.16. The van der Waals surface area contributed by atoms with E-state index >= 15 is 0 Å². The Morgan fingerprint density at radius 3 is 2.70 bits per heavy atom. The van der Waals surface area contributed by atoms with Crippen LogP contribution in [0.2, 0.25) is 0 Å². The van der Waals surface area contributed by atoms with Gasteiger partial charge in [-0.1, -0.05) is 24.6 Å². The Bertz CT molecular complexity index is 1260. The molecular formula is C24H20F2N2O5. The molecule has 1 amide bonds. The number of carbonyl (C=O) groups is 2. The van der Waals surface area contributed by atoms with E-state index in [-0.39, 0.29) is 17.2 Å². The summed E-state index contributed by atoms with van der Waals surface area (Å²) in [5.74, 6) is -1.53. The molecule has 2 heterocycles. The summed E-state index contributed by atoms with van der Waals surface area (Å²) in [4.78, 5) is 30.2. The first-order chi connectivity index (χ1) is 15.9. The number of carbonyl (C=O) groups excluding carboxylic acids is 2. The molecule has 0 atom stereocenters. The van der Waals surface area contributed by atoms with E-state index < -0.39 is 24.8 Å². The Labute approximate surface area is 187 Å². The van der Waals surface area contributed by atoms with Crippen molar-refractivity contribution in [1.82, 2.24) is 4.98 Å². The molecule has 170 valence electrons. The molecule has 2 aliphatic rings. The van der Waals surface area contributed by atoms with Gasteiger partial charge in [0.05, 0.1) is 11.1 Å². The van der Waals surface area contributed by atoms with Crippen LogP contribution >= 0.6 is 0 Å². The summed E-state index contributed by atoms with van der Waals surface area (Å²) >= 11 is 0. The number of ether oxygens (including phenoxy) is 3. The van der Waals surface area contributed by atoms with Gasteiger partial charge in [-0.05, 0) is 49.4 Å². The van der Waals surface area contributed by atoms with Gasteiger partial charge < -0.3 is 19.5 Å². The van der Waals surface area contributed by atoms with Gasteiger partial charge >= 0.3 is 12.3 Å². The second-order valence-electron chi connectivity index (χ2n) is 7.94. The highest BCUT2D eigenvalue weighted by atomic mass is 19.3. The first kappa shape index (κ1) is 21.1. The SMILES string of the molecule is O=C(COC(=O)c1c2c(nc3ccccc13)CCCCC2)Nc1ccc2c(c1)OC(F)(F)O2. The number of hydrogen-bond donors (Lipinski definition) is 1. The van der Waals surface area contributed by atoms with Crippen molar-refractivity contribution >= 4 is 28.5 Å². The van der Waals surface area contributed by atoms with Crippen LogP contribution in [0.15, 0.2) is 42.5 Å². The normalized spacial score (nSPS) is 16.1. The zero-order valence-corrected chi connectivity index (χ0v) is 17.5. The fraction of sp³-hybridized carbons (Fsp3) is 0.292. The van der Waals surface area contributed by atoms with Gasteiger partial charge in [0, 0.05) is 22.8 Å². The number of pyridine rings is 1. The number of aryl methyl sites for hydroxylation is 1. The third-order valence-corrected chi connectivity index (χ3v) is 5.64. The number of fused-ring (bicyclic) bond motifs is 3. The Hall–Kier alpha value is -3.75. The van der Waals surface area contributed by atoms with Gasteiger partial charge in [-0.15, -0.1) is 8.78 Å². The average molecular weight is 454 g/mol. The fourth-order valence-electron chi connectivity index (χ4n) is 4.21. The van der Waals surface area contributed by atoms with E-state index in [1.165, 1.54) is 18.2 Å². The van der Waals surface area contributed by atoms with Crippen molar-refractivity contribution < 1.29 is 32.6 Å². The van der Waals surface area contributed by atoms with E-state index in [2.05, 4.69) is 14.8 Å². The highest BCUT2D eigenvalue weighted by molar-refractivity contribution is 6.06. The van der Waals surface area contributed by atoms with Gasteiger partial charge in [0.1, 0.15) is 0 Å². The molecule has 7 nitrogen and oxygen atoms in total. The molecule has 0 fully saturated rings. The van der Waals surface area contributed by atoms with Crippen LogP contribution in [0.1, 0.15) is 40.9 Å². The molecule has 3 aromatic rings. The Balaban J connectivity index is 1.32. The van der Waals surface area contributed by atoms with Crippen LogP contribution in [-0.4, -0.2) is 29.8 Å². The zero-order chi connectivity index (χ0) is 23.0. The van der Waals surface area contributed by atoms with Gasteiger partial charge in [0.15, 0.2) is 18.1 Å². The number of benzene rings is 2. The molecule has 1 N–H and O–H groups in total. The van der Waals surface area contributed by atoms with Crippen LogP contribution in [0.25, 0.3) is 10.9 Å². The highest BCUT2D eigenvalue weighted by Crippen LogP contribution is 2.42. The Morgan fingerprint density at radius 1 is 1.03 bits per heavy atom. The monoisotopic (exact) mass is 454 g/mol. The molecule has 33 heavy (non-hydrogen) atoms. The maximum atomic E-state index is 13.2. The third kappa shape index (κ3) is 4.30. The quantitative estimate of drug-likeness (QED) is 0.457. The van der Waals surface area contributed by atoms with Crippen molar-refractivity contribution in [3.63, 3.8) is 0 Å². The summed E-state index contributed by atoms with van der Waals surface area (Å²) in [6.07, 6.45) is 0.806. The molecule has 0 bridgehead atoms. The number of rotatable bonds is 4. The van der Waals surface area contributed by atoms with E-state index in [1.807, 2.05) is 24.3 Å². The number of aromatic nitrogens is 1. The Kier molecular flexibility index (Phi) is 5.32. The second-order valence-corrected chi connectivity index (χ2v) is 7.94. The first-order valence-corrected chi connectivity index (χ1v) is 10.7.